The third-order valence-electron chi connectivity index (χ3n) is 4.71. The Labute approximate surface area is 140 Å². The van der Waals surface area contributed by atoms with Gasteiger partial charge in [0.1, 0.15) is 0 Å². The molecule has 0 spiro atoms. The number of aryl methyl sites for hydroxylation is 1. The average molecular weight is 331 g/mol. The van der Waals surface area contributed by atoms with Gasteiger partial charge >= 0.3 is 0 Å². The molecule has 0 aliphatic carbocycles. The Balaban J connectivity index is 1.72. The second-order valence-corrected chi connectivity index (χ2v) is 6.27. The van der Waals surface area contributed by atoms with Crippen LogP contribution in [0.1, 0.15) is 34.9 Å². The topological polar surface area (TPSA) is 63.1 Å². The summed E-state index contributed by atoms with van der Waals surface area (Å²) in [7, 11) is 4.02. The molecule has 1 aliphatic rings. The lowest BCUT2D eigenvalue weighted by Crippen LogP contribution is -2.42. The van der Waals surface area contributed by atoms with Crippen molar-refractivity contribution in [2.24, 2.45) is 13.0 Å². The van der Waals surface area contributed by atoms with Crippen LogP contribution in [0, 0.1) is 11.7 Å². The van der Waals surface area contributed by atoms with Gasteiger partial charge in [0.15, 0.2) is 5.82 Å². The number of hydrogen-bond acceptors (Lipinski definition) is 4. The van der Waals surface area contributed by atoms with E-state index in [1.807, 2.05) is 17.8 Å². The van der Waals surface area contributed by atoms with Gasteiger partial charge in [-0.15, -0.1) is 0 Å². The Morgan fingerprint density at radius 1 is 1.38 bits per heavy atom. The van der Waals surface area contributed by atoms with Gasteiger partial charge in [0.25, 0.3) is 5.91 Å². The second-order valence-electron chi connectivity index (χ2n) is 6.27. The molecule has 6 nitrogen and oxygen atoms in total. The van der Waals surface area contributed by atoms with Crippen molar-refractivity contribution in [1.82, 2.24) is 25.0 Å². The summed E-state index contributed by atoms with van der Waals surface area (Å²) in [5, 5.41) is 7.14. The molecule has 0 bridgehead atoms. The van der Waals surface area contributed by atoms with Crippen molar-refractivity contribution in [3.05, 3.63) is 47.8 Å². The van der Waals surface area contributed by atoms with E-state index >= 15 is 0 Å². The molecule has 0 saturated carbocycles. The number of aromatic nitrogens is 3. The molecule has 3 heterocycles. The van der Waals surface area contributed by atoms with Crippen LogP contribution in [-0.2, 0) is 7.05 Å². The number of rotatable bonds is 4. The smallest absolute Gasteiger partial charge is 0.254 e. The number of amides is 1. The molecule has 2 atom stereocenters. The van der Waals surface area contributed by atoms with Crippen LogP contribution in [0.3, 0.4) is 0 Å². The summed E-state index contributed by atoms with van der Waals surface area (Å²) in [5.41, 5.74) is 1.16. The average Bonchev–Trinajstić information content (AvgIpc) is 2.99. The molecule has 3 rings (SSSR count). The molecular formula is C17H22FN5O. The van der Waals surface area contributed by atoms with Crippen LogP contribution in [-0.4, -0.2) is 45.7 Å². The van der Waals surface area contributed by atoms with E-state index in [0.717, 1.165) is 31.3 Å². The van der Waals surface area contributed by atoms with Crippen LogP contribution in [0.4, 0.5) is 4.39 Å². The highest BCUT2D eigenvalue weighted by Crippen LogP contribution is 2.34. The molecule has 1 N–H and O–H groups in total. The first-order chi connectivity index (χ1) is 11.6. The third-order valence-corrected chi connectivity index (χ3v) is 4.71. The molecule has 1 aliphatic heterocycles. The molecule has 7 heteroatoms. The van der Waals surface area contributed by atoms with Crippen molar-refractivity contribution in [1.29, 1.82) is 0 Å². The summed E-state index contributed by atoms with van der Waals surface area (Å²) >= 11 is 0. The fourth-order valence-corrected chi connectivity index (χ4v) is 3.49. The minimum Gasteiger partial charge on any atom is -0.352 e. The summed E-state index contributed by atoms with van der Waals surface area (Å²) in [5.74, 6) is -0.737. The van der Waals surface area contributed by atoms with Gasteiger partial charge in [-0.25, -0.2) is 4.39 Å². The number of nitrogens with zero attached hydrogens (tertiary/aromatic N) is 4. The lowest BCUT2D eigenvalue weighted by atomic mass is 9.87. The van der Waals surface area contributed by atoms with E-state index in [-0.39, 0.29) is 17.5 Å². The maximum absolute atomic E-state index is 13.7. The van der Waals surface area contributed by atoms with Crippen LogP contribution >= 0.6 is 0 Å². The number of pyridine rings is 1. The van der Waals surface area contributed by atoms with Gasteiger partial charge < -0.3 is 5.32 Å². The van der Waals surface area contributed by atoms with E-state index in [1.54, 1.807) is 6.20 Å². The highest BCUT2D eigenvalue weighted by atomic mass is 19.1. The Bertz CT molecular complexity index is 717. The van der Waals surface area contributed by atoms with Gasteiger partial charge in [0.05, 0.1) is 23.5 Å². The monoisotopic (exact) mass is 331 g/mol. The van der Waals surface area contributed by atoms with E-state index < -0.39 is 11.7 Å². The number of nitrogens with one attached hydrogen (secondary N) is 1. The fourth-order valence-electron chi connectivity index (χ4n) is 3.49. The highest BCUT2D eigenvalue weighted by Gasteiger charge is 2.32. The lowest BCUT2D eigenvalue weighted by molar-refractivity contribution is 0.0876. The predicted octanol–water partition coefficient (Wildman–Crippen LogP) is 1.77. The summed E-state index contributed by atoms with van der Waals surface area (Å²) in [6.45, 7) is 1.51. The SMILES string of the molecule is CN1CCC[C@@H](CNC(=O)c2ccncc2F)[C@@H]1c1ccnn1C. The minimum atomic E-state index is -0.598. The summed E-state index contributed by atoms with van der Waals surface area (Å²) in [6, 6.07) is 3.61. The quantitative estimate of drug-likeness (QED) is 0.927. The second kappa shape index (κ2) is 7.09. The first-order valence-electron chi connectivity index (χ1n) is 8.13. The standard InChI is InChI=1S/C17H22FN5O/c1-22-9-3-4-12(16(22)15-6-8-21-23(15)2)10-20-17(24)13-5-7-19-11-14(13)18/h5-8,11-12,16H,3-4,9-10H2,1-2H3,(H,20,24)/t12-,16+/m0/s1. The zero-order valence-corrected chi connectivity index (χ0v) is 13.9. The maximum atomic E-state index is 13.7. The van der Waals surface area contributed by atoms with Gasteiger partial charge in [-0.3, -0.25) is 19.4 Å². The molecule has 0 radical (unpaired) electrons. The van der Waals surface area contributed by atoms with Crippen molar-refractivity contribution in [3.63, 3.8) is 0 Å². The third kappa shape index (κ3) is 3.31. The molecule has 0 unspecified atom stereocenters. The summed E-state index contributed by atoms with van der Waals surface area (Å²) in [4.78, 5) is 18.2. The Morgan fingerprint density at radius 3 is 2.92 bits per heavy atom. The number of halogens is 1. The molecule has 0 aromatic carbocycles. The van der Waals surface area contributed by atoms with Gasteiger partial charge in [0.2, 0.25) is 0 Å². The molecule has 2 aromatic heterocycles. The molecule has 24 heavy (non-hydrogen) atoms. The number of carbonyl (C=O) groups excluding carboxylic acids is 1. The molecular weight excluding hydrogens is 309 g/mol. The normalized spacial score (nSPS) is 21.6. The number of likely N-dealkylation sites (tertiary alicyclic amines) is 1. The molecule has 128 valence electrons. The first kappa shape index (κ1) is 16.6. The maximum Gasteiger partial charge on any atom is 0.254 e. The van der Waals surface area contributed by atoms with Crippen LogP contribution < -0.4 is 5.32 Å². The van der Waals surface area contributed by atoms with Crippen LogP contribution in [0.2, 0.25) is 0 Å². The van der Waals surface area contributed by atoms with E-state index in [9.17, 15) is 9.18 Å². The van der Waals surface area contributed by atoms with E-state index in [2.05, 4.69) is 27.3 Å². The molecule has 2 aromatic rings. The highest BCUT2D eigenvalue weighted by molar-refractivity contribution is 5.94. The minimum absolute atomic E-state index is 0.0336. The van der Waals surface area contributed by atoms with Gasteiger partial charge in [0, 0.05) is 26.0 Å². The summed E-state index contributed by atoms with van der Waals surface area (Å²) in [6.07, 6.45) is 6.36. The van der Waals surface area contributed by atoms with Gasteiger partial charge in [-0.05, 0) is 44.5 Å². The van der Waals surface area contributed by atoms with E-state index in [4.69, 9.17) is 0 Å². The zero-order valence-electron chi connectivity index (χ0n) is 13.9. The lowest BCUT2D eigenvalue weighted by Gasteiger charge is -2.39. The first-order valence-corrected chi connectivity index (χ1v) is 8.13. The Hall–Kier alpha value is -2.28. The van der Waals surface area contributed by atoms with Crippen LogP contribution in [0.25, 0.3) is 0 Å². The van der Waals surface area contributed by atoms with Crippen LogP contribution in [0.5, 0.6) is 0 Å². The van der Waals surface area contributed by atoms with Gasteiger partial charge in [-0.2, -0.15) is 5.10 Å². The number of carbonyl (C=O) groups is 1. The van der Waals surface area contributed by atoms with Gasteiger partial charge in [-0.1, -0.05) is 0 Å². The van der Waals surface area contributed by atoms with Crippen molar-refractivity contribution in [3.8, 4) is 0 Å². The predicted molar refractivity (Wildman–Crippen MR) is 87.8 cm³/mol. The van der Waals surface area contributed by atoms with Crippen molar-refractivity contribution < 1.29 is 9.18 Å². The molecule has 1 amide bonds. The Kier molecular flexibility index (Phi) is 4.89. The largest absolute Gasteiger partial charge is 0.352 e. The van der Waals surface area contributed by atoms with Crippen LogP contribution in [0.15, 0.2) is 30.7 Å². The van der Waals surface area contributed by atoms with Crippen molar-refractivity contribution >= 4 is 5.91 Å². The van der Waals surface area contributed by atoms with E-state index in [1.165, 1.54) is 12.3 Å². The zero-order chi connectivity index (χ0) is 17.1. The fraction of sp³-hybridized carbons (Fsp3) is 0.471. The Morgan fingerprint density at radius 2 is 2.21 bits per heavy atom. The summed E-state index contributed by atoms with van der Waals surface area (Å²) < 4.78 is 15.6. The molecule has 1 saturated heterocycles. The van der Waals surface area contributed by atoms with Crippen molar-refractivity contribution in [2.45, 2.75) is 18.9 Å². The molecule has 1 fully saturated rings. The van der Waals surface area contributed by atoms with Crippen molar-refractivity contribution in [2.75, 3.05) is 20.1 Å². The van der Waals surface area contributed by atoms with E-state index in [0.29, 0.717) is 6.54 Å². The number of hydrogen-bond donors (Lipinski definition) is 1. The number of piperidine rings is 1.